The minimum Gasteiger partial charge on any atom is -0.299 e. The molecule has 146 valence electrons. The molecule has 2 aromatic carbocycles. The number of likely N-dealkylation sites (tertiary alicyclic amines) is 1. The van der Waals surface area contributed by atoms with Crippen molar-refractivity contribution in [3.63, 3.8) is 0 Å². The van der Waals surface area contributed by atoms with Crippen LogP contribution in [0.5, 0.6) is 0 Å². The van der Waals surface area contributed by atoms with Crippen LogP contribution in [0.15, 0.2) is 70.3 Å². The van der Waals surface area contributed by atoms with Crippen molar-refractivity contribution in [3.8, 4) is 5.69 Å². The molecule has 0 saturated carbocycles. The molecule has 1 fully saturated rings. The van der Waals surface area contributed by atoms with Crippen LogP contribution >= 0.6 is 11.5 Å². The minimum absolute atomic E-state index is 0.214. The molecule has 0 atom stereocenters. The quantitative estimate of drug-likeness (QED) is 0.643. The molecule has 0 radical (unpaired) electrons. The topological polar surface area (TPSA) is 47.2 Å². The molecular formula is C22H25N3O2S. The van der Waals surface area contributed by atoms with Gasteiger partial charge in [0.05, 0.1) is 5.69 Å². The van der Waals surface area contributed by atoms with E-state index in [0.29, 0.717) is 18.2 Å². The molecule has 0 bridgehead atoms. The van der Waals surface area contributed by atoms with Crippen molar-refractivity contribution in [3.05, 3.63) is 86.4 Å². The summed E-state index contributed by atoms with van der Waals surface area (Å²) in [4.78, 5) is 27.2. The van der Waals surface area contributed by atoms with Crippen LogP contribution in [-0.2, 0) is 13.1 Å². The van der Waals surface area contributed by atoms with Gasteiger partial charge in [-0.25, -0.2) is 13.3 Å². The van der Waals surface area contributed by atoms with Crippen LogP contribution in [0.2, 0.25) is 0 Å². The third-order valence-corrected chi connectivity index (χ3v) is 6.38. The van der Waals surface area contributed by atoms with Crippen molar-refractivity contribution in [1.29, 1.82) is 0 Å². The standard InChI is InChI=1S/C22H25N3O2S/c26-21-24(28-22(27)25(21)20-9-5-2-6-10-20)16-13-18-11-14-23(15-12-18)17-19-7-3-1-4-8-19/h1-10,18H,11-17H2. The summed E-state index contributed by atoms with van der Waals surface area (Å²) in [5, 5.41) is 0. The number of aryl methyl sites for hydroxylation is 1. The summed E-state index contributed by atoms with van der Waals surface area (Å²) in [5.41, 5.74) is 1.78. The van der Waals surface area contributed by atoms with Crippen LogP contribution < -0.4 is 10.6 Å². The maximum atomic E-state index is 12.6. The first kappa shape index (κ1) is 18.9. The van der Waals surface area contributed by atoms with E-state index in [0.717, 1.165) is 50.4 Å². The summed E-state index contributed by atoms with van der Waals surface area (Å²) in [6, 6.07) is 19.7. The van der Waals surface area contributed by atoms with Gasteiger partial charge < -0.3 is 0 Å². The van der Waals surface area contributed by atoms with Gasteiger partial charge in [0.1, 0.15) is 0 Å². The maximum absolute atomic E-state index is 12.6. The van der Waals surface area contributed by atoms with Crippen LogP contribution in [-0.4, -0.2) is 26.5 Å². The van der Waals surface area contributed by atoms with Crippen molar-refractivity contribution >= 4 is 11.5 Å². The van der Waals surface area contributed by atoms with Gasteiger partial charge in [-0.05, 0) is 56.0 Å². The lowest BCUT2D eigenvalue weighted by Crippen LogP contribution is -2.34. The number of rotatable bonds is 6. The summed E-state index contributed by atoms with van der Waals surface area (Å²) in [7, 11) is 0. The molecule has 0 aliphatic carbocycles. The Morgan fingerprint density at radius 2 is 1.54 bits per heavy atom. The van der Waals surface area contributed by atoms with Gasteiger partial charge in [-0.2, -0.15) is 0 Å². The van der Waals surface area contributed by atoms with E-state index in [1.54, 1.807) is 16.1 Å². The number of nitrogens with zero attached hydrogens (tertiary/aromatic N) is 3. The molecule has 0 N–H and O–H groups in total. The summed E-state index contributed by atoms with van der Waals surface area (Å²) in [6.07, 6.45) is 3.25. The molecule has 0 amide bonds. The van der Waals surface area contributed by atoms with E-state index >= 15 is 0 Å². The smallest absolute Gasteiger partial charge is 0.299 e. The Morgan fingerprint density at radius 1 is 0.893 bits per heavy atom. The van der Waals surface area contributed by atoms with Gasteiger partial charge in [-0.1, -0.05) is 48.5 Å². The largest absolute Gasteiger partial charge is 0.345 e. The number of benzene rings is 2. The lowest BCUT2D eigenvalue weighted by Gasteiger charge is -2.32. The average Bonchev–Trinajstić information content (AvgIpc) is 3.02. The molecule has 2 heterocycles. The Hall–Kier alpha value is -2.44. The van der Waals surface area contributed by atoms with E-state index in [9.17, 15) is 9.59 Å². The highest BCUT2D eigenvalue weighted by molar-refractivity contribution is 7.03. The van der Waals surface area contributed by atoms with Gasteiger partial charge in [0.15, 0.2) is 0 Å². The summed E-state index contributed by atoms with van der Waals surface area (Å²) >= 11 is 1.03. The second-order valence-electron chi connectivity index (χ2n) is 7.41. The van der Waals surface area contributed by atoms with E-state index in [-0.39, 0.29) is 10.6 Å². The predicted molar refractivity (Wildman–Crippen MR) is 113 cm³/mol. The fourth-order valence-electron chi connectivity index (χ4n) is 3.87. The van der Waals surface area contributed by atoms with Gasteiger partial charge in [0.25, 0.3) is 0 Å². The predicted octanol–water partition coefficient (Wildman–Crippen LogP) is 3.36. The highest BCUT2D eigenvalue weighted by Gasteiger charge is 2.20. The molecular weight excluding hydrogens is 370 g/mol. The second-order valence-corrected chi connectivity index (χ2v) is 8.38. The van der Waals surface area contributed by atoms with E-state index in [1.165, 1.54) is 10.1 Å². The molecule has 1 aromatic heterocycles. The van der Waals surface area contributed by atoms with Crippen LogP contribution in [0, 0.1) is 5.92 Å². The number of piperidine rings is 1. The molecule has 1 aliphatic heterocycles. The van der Waals surface area contributed by atoms with Gasteiger partial charge in [-0.3, -0.25) is 9.69 Å². The normalized spacial score (nSPS) is 15.7. The molecule has 28 heavy (non-hydrogen) atoms. The molecule has 6 heteroatoms. The summed E-state index contributed by atoms with van der Waals surface area (Å²) in [6.45, 7) is 3.82. The Balaban J connectivity index is 1.33. The Morgan fingerprint density at radius 3 is 2.21 bits per heavy atom. The number of hydrogen-bond donors (Lipinski definition) is 0. The Bertz CT molecular complexity index is 1000. The zero-order chi connectivity index (χ0) is 19.3. The first-order chi connectivity index (χ1) is 13.7. The molecule has 1 aliphatic rings. The van der Waals surface area contributed by atoms with Crippen LogP contribution in [0.3, 0.4) is 0 Å². The zero-order valence-corrected chi connectivity index (χ0v) is 16.7. The Labute approximate surface area is 168 Å². The third kappa shape index (κ3) is 4.34. The average molecular weight is 396 g/mol. The monoisotopic (exact) mass is 395 g/mol. The van der Waals surface area contributed by atoms with E-state index in [4.69, 9.17) is 0 Å². The fourth-order valence-corrected chi connectivity index (χ4v) is 4.68. The van der Waals surface area contributed by atoms with Gasteiger partial charge in [-0.15, -0.1) is 0 Å². The van der Waals surface area contributed by atoms with E-state index in [1.807, 2.05) is 18.2 Å². The maximum Gasteiger partial charge on any atom is 0.345 e. The molecule has 3 aromatic rings. The van der Waals surface area contributed by atoms with Crippen molar-refractivity contribution in [2.45, 2.75) is 32.4 Å². The van der Waals surface area contributed by atoms with Crippen molar-refractivity contribution in [2.24, 2.45) is 5.92 Å². The first-order valence-corrected chi connectivity index (χ1v) is 10.6. The van der Waals surface area contributed by atoms with Crippen LogP contribution in [0.25, 0.3) is 5.69 Å². The van der Waals surface area contributed by atoms with Crippen LogP contribution in [0.1, 0.15) is 24.8 Å². The van der Waals surface area contributed by atoms with Crippen molar-refractivity contribution < 1.29 is 0 Å². The van der Waals surface area contributed by atoms with Gasteiger partial charge >= 0.3 is 10.6 Å². The highest BCUT2D eigenvalue weighted by atomic mass is 32.1. The molecule has 4 rings (SSSR count). The minimum atomic E-state index is -0.220. The first-order valence-electron chi connectivity index (χ1n) is 9.85. The van der Waals surface area contributed by atoms with Crippen molar-refractivity contribution in [1.82, 2.24) is 13.4 Å². The highest BCUT2D eigenvalue weighted by Crippen LogP contribution is 2.22. The Kier molecular flexibility index (Phi) is 5.88. The summed E-state index contributed by atoms with van der Waals surface area (Å²) in [5.74, 6) is 0.612. The number of aromatic nitrogens is 2. The lowest BCUT2D eigenvalue weighted by atomic mass is 9.93. The third-order valence-electron chi connectivity index (χ3n) is 5.49. The van der Waals surface area contributed by atoms with Gasteiger partial charge in [0.2, 0.25) is 0 Å². The van der Waals surface area contributed by atoms with Gasteiger partial charge in [0, 0.05) is 24.6 Å². The second kappa shape index (κ2) is 8.71. The zero-order valence-electron chi connectivity index (χ0n) is 15.9. The lowest BCUT2D eigenvalue weighted by molar-refractivity contribution is 0.169. The SMILES string of the molecule is O=c1sn(CCC2CCN(Cc3ccccc3)CC2)c(=O)n1-c1ccccc1. The van der Waals surface area contributed by atoms with Crippen LogP contribution in [0.4, 0.5) is 0 Å². The number of para-hydroxylation sites is 1. The number of hydrogen-bond acceptors (Lipinski definition) is 4. The molecule has 0 unspecified atom stereocenters. The molecule has 1 saturated heterocycles. The van der Waals surface area contributed by atoms with Crippen molar-refractivity contribution in [2.75, 3.05) is 13.1 Å². The fraction of sp³-hybridized carbons (Fsp3) is 0.364. The molecule has 5 nitrogen and oxygen atoms in total. The summed E-state index contributed by atoms with van der Waals surface area (Å²) < 4.78 is 2.89. The van der Waals surface area contributed by atoms with E-state index in [2.05, 4.69) is 35.2 Å². The van der Waals surface area contributed by atoms with E-state index < -0.39 is 0 Å². The molecule has 0 spiro atoms.